The molecule has 62 heavy (non-hydrogen) atoms. The monoisotopic (exact) mass is 862 g/mol. The van der Waals surface area contributed by atoms with Gasteiger partial charge in [0, 0.05) is 0 Å². The van der Waals surface area contributed by atoms with Gasteiger partial charge in [0.2, 0.25) is 0 Å². The van der Waals surface area contributed by atoms with Gasteiger partial charge in [-0.1, -0.05) is 14.9 Å². The summed E-state index contributed by atoms with van der Waals surface area (Å²) in [5, 5.41) is 0. The third-order valence-corrected chi connectivity index (χ3v) is 15.7. The van der Waals surface area contributed by atoms with Gasteiger partial charge in [-0.15, -0.1) is 0 Å². The second kappa shape index (κ2) is 9.91. The molecule has 30 heteroatoms. The van der Waals surface area contributed by atoms with Crippen molar-refractivity contribution in [3.05, 3.63) is 0 Å². The molecule has 0 bridgehead atoms. The standard InChI is InChI=1S/C30H30N20O10.2CH4/c51-21-31-1-32-12-14-36(22(32)52)4-40-16-18-44(26(40)56)8-48-20-19-47(29(48)59)7-43-17-15-39(25(43)55)3-35(21)13-11(31)33-2-34(12)24(54)38(14)6-42(16)28(58)46(18)10-50(20)30(60)49(19)9-45(17)27(57)41(15)5-37(13)23(33)53;;/h11-20H,1-10H2;2*1H4. The predicted octanol–water partition coefficient (Wildman–Crippen LogP) is -3.45. The minimum atomic E-state index is -1.08. The Bertz CT molecular complexity index is 1740. The highest BCUT2D eigenvalue weighted by atomic mass is 16.2. The molecule has 0 atom stereocenters. The van der Waals surface area contributed by atoms with Crippen LogP contribution in [0.5, 0.6) is 0 Å². The fourth-order valence-corrected chi connectivity index (χ4v) is 13.3. The van der Waals surface area contributed by atoms with Crippen LogP contribution in [0.4, 0.5) is 47.9 Å². The predicted molar refractivity (Wildman–Crippen MR) is 191 cm³/mol. The quantitative estimate of drug-likeness (QED) is 0.234. The highest BCUT2D eigenvalue weighted by molar-refractivity contribution is 5.94. The van der Waals surface area contributed by atoms with Gasteiger partial charge in [-0.05, 0) is 0 Å². The maximum atomic E-state index is 14.8. The van der Waals surface area contributed by atoms with Gasteiger partial charge in [0.05, 0.1) is 0 Å². The summed E-state index contributed by atoms with van der Waals surface area (Å²) in [5.74, 6) is 0. The van der Waals surface area contributed by atoms with Crippen molar-refractivity contribution < 1.29 is 47.9 Å². The molecule has 0 aromatic rings. The molecule has 15 aliphatic heterocycles. The Hall–Kier alpha value is -7.30. The van der Waals surface area contributed by atoms with E-state index in [1.165, 1.54) is 98.0 Å². The Labute approximate surface area is 349 Å². The number of amides is 20. The Kier molecular flexibility index (Phi) is 5.50. The van der Waals surface area contributed by atoms with Gasteiger partial charge in [0.25, 0.3) is 0 Å². The zero-order valence-corrected chi connectivity index (χ0v) is 30.9. The van der Waals surface area contributed by atoms with Gasteiger partial charge >= 0.3 is 60.3 Å². The van der Waals surface area contributed by atoms with E-state index in [1.807, 2.05) is 0 Å². The minimum Gasteiger partial charge on any atom is -0.282 e. The van der Waals surface area contributed by atoms with Crippen molar-refractivity contribution in [1.29, 1.82) is 0 Å². The van der Waals surface area contributed by atoms with Gasteiger partial charge in [0.1, 0.15) is 66.7 Å². The number of carbonyl (C=O) groups is 10. The molecule has 15 saturated heterocycles. The lowest BCUT2D eigenvalue weighted by Crippen LogP contribution is -2.63. The molecular formula is C32H38N20O10. The molecule has 0 unspecified atom stereocenters. The molecule has 0 N–H and O–H groups in total. The van der Waals surface area contributed by atoms with E-state index >= 15 is 0 Å². The Morgan fingerprint density at radius 3 is 0.306 bits per heavy atom. The first-order valence-electron chi connectivity index (χ1n) is 19.7. The van der Waals surface area contributed by atoms with Crippen LogP contribution in [-0.2, 0) is 0 Å². The molecule has 15 fully saturated rings. The third-order valence-electron chi connectivity index (χ3n) is 15.7. The van der Waals surface area contributed by atoms with Crippen LogP contribution in [-0.4, -0.2) is 287 Å². The Morgan fingerprint density at radius 1 is 0.177 bits per heavy atom. The lowest BCUT2D eigenvalue weighted by molar-refractivity contribution is -0.0173. The van der Waals surface area contributed by atoms with Gasteiger partial charge in [-0.3, -0.25) is 98.0 Å². The van der Waals surface area contributed by atoms with E-state index in [-0.39, 0.29) is 81.5 Å². The van der Waals surface area contributed by atoms with E-state index in [0.29, 0.717) is 0 Å². The molecule has 0 radical (unpaired) electrons. The fraction of sp³-hybridized carbons (Fsp3) is 0.688. The van der Waals surface area contributed by atoms with Gasteiger partial charge < -0.3 is 0 Å². The van der Waals surface area contributed by atoms with E-state index in [1.54, 1.807) is 0 Å². The van der Waals surface area contributed by atoms with Crippen molar-refractivity contribution in [2.45, 2.75) is 76.5 Å². The molecule has 15 heterocycles. The molecule has 326 valence electrons. The number of carbonyl (C=O) groups excluding carboxylic acids is 10. The normalized spacial score (nSPS) is 39.0. The van der Waals surface area contributed by atoms with Gasteiger partial charge in [-0.25, -0.2) is 47.9 Å². The van der Waals surface area contributed by atoms with E-state index in [9.17, 15) is 47.9 Å². The number of rotatable bonds is 0. The number of hydrogen-bond donors (Lipinski definition) is 0. The average molecular weight is 863 g/mol. The van der Waals surface area contributed by atoms with Crippen molar-refractivity contribution in [2.24, 2.45) is 0 Å². The van der Waals surface area contributed by atoms with Crippen molar-refractivity contribution in [1.82, 2.24) is 98.0 Å². The lowest BCUT2D eigenvalue weighted by Gasteiger charge is -2.42. The largest absolute Gasteiger partial charge is 0.326 e. The van der Waals surface area contributed by atoms with Crippen molar-refractivity contribution in [3.63, 3.8) is 0 Å². The van der Waals surface area contributed by atoms with E-state index in [0.717, 1.165) is 0 Å². The molecule has 0 aromatic heterocycles. The zero-order chi connectivity index (χ0) is 40.2. The number of nitrogens with zero attached hydrogens (tertiary/aromatic N) is 20. The molecule has 0 spiro atoms. The van der Waals surface area contributed by atoms with Crippen LogP contribution in [0.2, 0.25) is 0 Å². The van der Waals surface area contributed by atoms with E-state index in [2.05, 4.69) is 0 Å². The smallest absolute Gasteiger partial charge is 0.282 e. The maximum Gasteiger partial charge on any atom is 0.326 e. The van der Waals surface area contributed by atoms with Crippen LogP contribution in [0, 0.1) is 0 Å². The summed E-state index contributed by atoms with van der Waals surface area (Å²) in [6.07, 6.45) is -10.8. The molecule has 15 rings (SSSR count). The minimum absolute atomic E-state index is 0. The summed E-state index contributed by atoms with van der Waals surface area (Å²) in [5.41, 5.74) is 0. The van der Waals surface area contributed by atoms with Crippen LogP contribution in [0.1, 0.15) is 14.9 Å². The average Bonchev–Trinajstić information content (AvgIpc) is 4.06. The second-order valence-corrected chi connectivity index (χ2v) is 17.8. The van der Waals surface area contributed by atoms with Crippen LogP contribution in [0.25, 0.3) is 0 Å². The molecule has 0 saturated carbocycles. The molecule has 30 nitrogen and oxygen atoms in total. The summed E-state index contributed by atoms with van der Waals surface area (Å²) in [6.45, 7) is -3.73. The van der Waals surface area contributed by atoms with Crippen LogP contribution in [0.3, 0.4) is 0 Å². The highest BCUT2D eigenvalue weighted by Crippen LogP contribution is 2.50. The SMILES string of the molecule is C.C.O=C1N2CN3C(=O)N4CN5C(=O)N6CN7C(=O)N8CN9C(=O)N%10CN1C1C2N2CN%11C(=O)N(CN%12C(=O)N(CN%13C(=O)N(CN%14C(=O)N(CN1C2=O)C%10C9%14)C8C7%13)C6C5%12)C4C3%11. The Balaban J connectivity index is 0.00000187. The first-order chi connectivity index (χ1) is 28.9. The molecule has 0 aliphatic carbocycles. The summed E-state index contributed by atoms with van der Waals surface area (Å²) >= 11 is 0. The molecule has 0 aromatic carbocycles. The number of urea groups is 10. The molecule has 20 amide bonds. The van der Waals surface area contributed by atoms with Crippen molar-refractivity contribution in [3.8, 4) is 0 Å². The molecular weight excluding hydrogens is 824 g/mol. The molecule has 15 aliphatic rings. The van der Waals surface area contributed by atoms with Crippen LogP contribution < -0.4 is 0 Å². The summed E-state index contributed by atoms with van der Waals surface area (Å²) in [7, 11) is 0. The first kappa shape index (κ1) is 34.4. The Morgan fingerprint density at radius 2 is 0.242 bits per heavy atom. The first-order valence-corrected chi connectivity index (χ1v) is 19.7. The van der Waals surface area contributed by atoms with Gasteiger partial charge in [-0.2, -0.15) is 0 Å². The van der Waals surface area contributed by atoms with E-state index < -0.39 is 122 Å². The topological polar surface area (TPSA) is 236 Å². The maximum absolute atomic E-state index is 14.8. The van der Waals surface area contributed by atoms with E-state index in [4.69, 9.17) is 0 Å². The van der Waals surface area contributed by atoms with Crippen molar-refractivity contribution in [2.75, 3.05) is 66.7 Å². The zero-order valence-electron chi connectivity index (χ0n) is 30.9. The van der Waals surface area contributed by atoms with Crippen molar-refractivity contribution >= 4 is 60.3 Å². The fourth-order valence-electron chi connectivity index (χ4n) is 13.3. The van der Waals surface area contributed by atoms with Gasteiger partial charge in [0.15, 0.2) is 61.7 Å². The number of hydrogen-bond acceptors (Lipinski definition) is 10. The third kappa shape index (κ3) is 3.11. The highest BCUT2D eigenvalue weighted by Gasteiger charge is 2.74. The summed E-state index contributed by atoms with van der Waals surface area (Å²) in [6, 6.07) is -6.05. The van der Waals surface area contributed by atoms with Crippen LogP contribution in [0.15, 0.2) is 0 Å². The summed E-state index contributed by atoms with van der Waals surface area (Å²) in [4.78, 5) is 176. The summed E-state index contributed by atoms with van der Waals surface area (Å²) < 4.78 is 0. The van der Waals surface area contributed by atoms with Crippen LogP contribution >= 0.6 is 0 Å². The lowest BCUT2D eigenvalue weighted by atomic mass is 10.3. The second-order valence-electron chi connectivity index (χ2n) is 17.8.